The Bertz CT molecular complexity index is 663. The van der Waals surface area contributed by atoms with Gasteiger partial charge < -0.3 is 15.1 Å². The highest BCUT2D eigenvalue weighted by Gasteiger charge is 2.18. The molecule has 0 spiro atoms. The van der Waals surface area contributed by atoms with E-state index in [1.807, 2.05) is 11.4 Å². The van der Waals surface area contributed by atoms with Crippen molar-refractivity contribution in [3.05, 3.63) is 39.7 Å². The zero-order valence-electron chi connectivity index (χ0n) is 11.3. The van der Waals surface area contributed by atoms with Crippen molar-refractivity contribution in [2.24, 2.45) is 5.73 Å². The van der Waals surface area contributed by atoms with Gasteiger partial charge in [0.1, 0.15) is 0 Å². The van der Waals surface area contributed by atoms with Crippen LogP contribution in [-0.4, -0.2) is 29.4 Å². The van der Waals surface area contributed by atoms with E-state index in [-0.39, 0.29) is 11.7 Å². The number of hydrogen-bond acceptors (Lipinski definition) is 5. The molecule has 2 aromatic heterocycles. The van der Waals surface area contributed by atoms with Gasteiger partial charge in [-0.1, -0.05) is 11.8 Å². The van der Waals surface area contributed by atoms with Crippen LogP contribution in [0.5, 0.6) is 0 Å². The maximum atomic E-state index is 12.2. The third kappa shape index (κ3) is 3.26. The number of hydrogen-bond donors (Lipinski definition) is 1. The second kappa shape index (κ2) is 6.37. The molecule has 0 aliphatic carbocycles. The fraction of sp³-hybridized carbons (Fsp3) is 0.286. The molecule has 0 aliphatic heterocycles. The minimum Gasteiger partial charge on any atom is -0.438 e. The first kappa shape index (κ1) is 14.3. The van der Waals surface area contributed by atoms with Crippen LogP contribution in [-0.2, 0) is 6.54 Å². The molecule has 5 nitrogen and oxygen atoms in total. The predicted molar refractivity (Wildman–Crippen MR) is 77.3 cm³/mol. The average Bonchev–Trinajstić information content (AvgIpc) is 3.04. The molecule has 0 saturated heterocycles. The molecule has 2 rings (SSSR count). The minimum atomic E-state index is -0.180. The molecule has 0 fully saturated rings. The Kier molecular flexibility index (Phi) is 4.56. The van der Waals surface area contributed by atoms with Crippen molar-refractivity contribution in [2.45, 2.75) is 13.5 Å². The second-order valence-electron chi connectivity index (χ2n) is 4.25. The average molecular weight is 289 g/mol. The lowest BCUT2D eigenvalue weighted by atomic mass is 10.2. The van der Waals surface area contributed by atoms with E-state index in [1.54, 1.807) is 30.2 Å². The Morgan fingerprint density at radius 2 is 2.40 bits per heavy atom. The zero-order valence-corrected chi connectivity index (χ0v) is 12.2. The van der Waals surface area contributed by atoms with Gasteiger partial charge in [-0.05, 0) is 23.9 Å². The Morgan fingerprint density at radius 1 is 1.60 bits per heavy atom. The molecule has 0 aliphatic rings. The zero-order chi connectivity index (χ0) is 14.5. The Hall–Kier alpha value is -2.10. The second-order valence-corrected chi connectivity index (χ2v) is 5.16. The number of oxazole rings is 1. The molecule has 2 heterocycles. The van der Waals surface area contributed by atoms with Gasteiger partial charge >= 0.3 is 0 Å². The van der Waals surface area contributed by atoms with Crippen LogP contribution in [0.3, 0.4) is 0 Å². The Balaban J connectivity index is 2.04. The lowest BCUT2D eigenvalue weighted by Gasteiger charge is -2.14. The summed E-state index contributed by atoms with van der Waals surface area (Å²) in [6, 6.07) is 1.96. The van der Waals surface area contributed by atoms with Crippen molar-refractivity contribution in [3.8, 4) is 11.8 Å². The molecule has 0 atom stereocenters. The SMILES string of the molecule is Cc1ncoc1C(=O)N(C)Cc1csc(C#CCN)c1. The van der Waals surface area contributed by atoms with Crippen molar-refractivity contribution < 1.29 is 9.21 Å². The first-order valence-electron chi connectivity index (χ1n) is 6.03. The summed E-state index contributed by atoms with van der Waals surface area (Å²) >= 11 is 1.54. The number of nitrogens with zero attached hydrogens (tertiary/aromatic N) is 2. The van der Waals surface area contributed by atoms with Gasteiger partial charge in [0, 0.05) is 13.6 Å². The first-order valence-corrected chi connectivity index (χ1v) is 6.91. The van der Waals surface area contributed by atoms with E-state index < -0.39 is 0 Å². The van der Waals surface area contributed by atoms with Crippen LogP contribution in [0, 0.1) is 18.8 Å². The molecule has 2 aromatic rings. The van der Waals surface area contributed by atoms with E-state index in [0.717, 1.165) is 10.4 Å². The van der Waals surface area contributed by atoms with Gasteiger partial charge in [-0.3, -0.25) is 4.79 Å². The van der Waals surface area contributed by atoms with Crippen LogP contribution in [0.25, 0.3) is 0 Å². The molecular weight excluding hydrogens is 274 g/mol. The summed E-state index contributed by atoms with van der Waals surface area (Å²) in [5, 5.41) is 1.98. The molecule has 6 heteroatoms. The number of thiophene rings is 1. The van der Waals surface area contributed by atoms with Crippen LogP contribution >= 0.6 is 11.3 Å². The summed E-state index contributed by atoms with van der Waals surface area (Å²) in [4.78, 5) is 18.6. The van der Waals surface area contributed by atoms with Crippen LogP contribution in [0.4, 0.5) is 0 Å². The summed E-state index contributed by atoms with van der Waals surface area (Å²) in [6.07, 6.45) is 1.28. The maximum absolute atomic E-state index is 12.2. The molecular formula is C14H15N3O2S. The smallest absolute Gasteiger partial charge is 0.291 e. The van der Waals surface area contributed by atoms with E-state index in [2.05, 4.69) is 16.8 Å². The summed E-state index contributed by atoms with van der Waals surface area (Å²) in [5.74, 6) is 5.89. The summed E-state index contributed by atoms with van der Waals surface area (Å²) in [7, 11) is 1.73. The van der Waals surface area contributed by atoms with E-state index in [4.69, 9.17) is 10.2 Å². The molecule has 0 aromatic carbocycles. The van der Waals surface area contributed by atoms with Crippen molar-refractivity contribution in [1.29, 1.82) is 0 Å². The first-order chi connectivity index (χ1) is 9.61. The fourth-order valence-corrected chi connectivity index (χ4v) is 2.46. The van der Waals surface area contributed by atoms with Gasteiger partial charge in [0.2, 0.25) is 5.76 Å². The molecule has 104 valence electrons. The van der Waals surface area contributed by atoms with Crippen LogP contribution in [0.2, 0.25) is 0 Å². The molecule has 1 amide bonds. The number of carbonyl (C=O) groups is 1. The minimum absolute atomic E-state index is 0.180. The van der Waals surface area contributed by atoms with Crippen molar-refractivity contribution >= 4 is 17.2 Å². The Labute approximate surface area is 121 Å². The highest BCUT2D eigenvalue weighted by molar-refractivity contribution is 7.10. The maximum Gasteiger partial charge on any atom is 0.291 e. The number of rotatable bonds is 3. The van der Waals surface area contributed by atoms with Gasteiger partial charge in [-0.2, -0.15) is 0 Å². The molecule has 0 unspecified atom stereocenters. The number of carbonyl (C=O) groups excluding carboxylic acids is 1. The highest BCUT2D eigenvalue weighted by Crippen LogP contribution is 2.16. The van der Waals surface area contributed by atoms with Crippen LogP contribution in [0.15, 0.2) is 22.3 Å². The largest absolute Gasteiger partial charge is 0.438 e. The van der Waals surface area contributed by atoms with Crippen LogP contribution < -0.4 is 5.73 Å². The van der Waals surface area contributed by atoms with Crippen molar-refractivity contribution in [3.63, 3.8) is 0 Å². The number of nitrogens with two attached hydrogens (primary N) is 1. The highest BCUT2D eigenvalue weighted by atomic mass is 32.1. The Morgan fingerprint density at radius 3 is 3.05 bits per heavy atom. The molecule has 0 bridgehead atoms. The third-order valence-electron chi connectivity index (χ3n) is 2.67. The number of aryl methyl sites for hydroxylation is 1. The molecule has 0 saturated carbocycles. The van der Waals surface area contributed by atoms with Gasteiger partial charge in [0.15, 0.2) is 6.39 Å². The lowest BCUT2D eigenvalue weighted by molar-refractivity contribution is 0.0752. The summed E-state index contributed by atoms with van der Waals surface area (Å²) < 4.78 is 5.11. The molecule has 2 N–H and O–H groups in total. The van der Waals surface area contributed by atoms with Crippen molar-refractivity contribution in [2.75, 3.05) is 13.6 Å². The fourth-order valence-electron chi connectivity index (χ4n) is 1.69. The quantitative estimate of drug-likeness (QED) is 0.872. The normalized spacial score (nSPS) is 9.95. The number of aromatic nitrogens is 1. The molecule has 20 heavy (non-hydrogen) atoms. The van der Waals surface area contributed by atoms with Crippen molar-refractivity contribution in [1.82, 2.24) is 9.88 Å². The lowest BCUT2D eigenvalue weighted by Crippen LogP contribution is -2.26. The predicted octanol–water partition coefficient (Wildman–Crippen LogP) is 1.63. The van der Waals surface area contributed by atoms with Crippen LogP contribution in [0.1, 0.15) is 26.7 Å². The summed E-state index contributed by atoms with van der Waals surface area (Å²) in [5.41, 5.74) is 6.96. The third-order valence-corrected chi connectivity index (χ3v) is 3.57. The monoisotopic (exact) mass is 289 g/mol. The standard InChI is InChI=1S/C14H15N3O2S/c1-10-13(19-9-16-10)14(18)17(2)7-11-6-12(20-8-11)4-3-5-15/h6,8-9H,5,7,15H2,1-2H3. The topological polar surface area (TPSA) is 72.4 Å². The molecule has 0 radical (unpaired) electrons. The van der Waals surface area contributed by atoms with Gasteiger partial charge in [0.25, 0.3) is 5.91 Å². The van der Waals surface area contributed by atoms with E-state index in [9.17, 15) is 4.79 Å². The van der Waals surface area contributed by atoms with E-state index >= 15 is 0 Å². The van der Waals surface area contributed by atoms with E-state index in [1.165, 1.54) is 6.39 Å². The summed E-state index contributed by atoms with van der Waals surface area (Å²) in [6.45, 7) is 2.59. The van der Waals surface area contributed by atoms with Gasteiger partial charge in [-0.15, -0.1) is 11.3 Å². The van der Waals surface area contributed by atoms with E-state index in [0.29, 0.717) is 18.8 Å². The van der Waals surface area contributed by atoms with Gasteiger partial charge in [-0.25, -0.2) is 4.98 Å². The van der Waals surface area contributed by atoms with Gasteiger partial charge in [0.05, 0.1) is 17.1 Å². The number of amides is 1.